The third-order valence-electron chi connectivity index (χ3n) is 3.54. The Kier molecular flexibility index (Phi) is 2.95. The van der Waals surface area contributed by atoms with Crippen LogP contribution in [0.25, 0.3) is 0 Å². The molecule has 2 atom stereocenters. The van der Waals surface area contributed by atoms with E-state index < -0.39 is 0 Å². The number of rotatable bonds is 2. The number of nitrogens with zero attached hydrogens (tertiary/aromatic N) is 2. The molecule has 1 aromatic heterocycles. The van der Waals surface area contributed by atoms with E-state index in [-0.39, 0.29) is 12.1 Å². The number of nitrogens with one attached hydrogen (secondary N) is 1. The molecule has 0 saturated heterocycles. The second-order valence-electron chi connectivity index (χ2n) is 5.13. The van der Waals surface area contributed by atoms with Gasteiger partial charge in [-0.05, 0) is 31.4 Å². The summed E-state index contributed by atoms with van der Waals surface area (Å²) in [5.41, 5.74) is 9.82. The molecule has 2 unspecified atom stereocenters. The molecule has 0 amide bonds. The van der Waals surface area contributed by atoms with Crippen LogP contribution < -0.4 is 11.1 Å². The van der Waals surface area contributed by atoms with Crippen LogP contribution in [0.5, 0.6) is 0 Å². The fourth-order valence-electron chi connectivity index (χ4n) is 2.76. The Morgan fingerprint density at radius 3 is 2.79 bits per heavy atom. The predicted octanol–water partition coefficient (Wildman–Crippen LogP) is 2.13. The zero-order chi connectivity index (χ0) is 13.4. The van der Waals surface area contributed by atoms with E-state index in [0.29, 0.717) is 0 Å². The molecule has 1 aliphatic carbocycles. The summed E-state index contributed by atoms with van der Waals surface area (Å²) in [5, 5.41) is 3.45. The topological polar surface area (TPSA) is 63.8 Å². The number of anilines is 1. The van der Waals surface area contributed by atoms with Crippen LogP contribution in [0.1, 0.15) is 28.7 Å². The molecule has 2 aromatic rings. The minimum absolute atomic E-state index is 0.0907. The summed E-state index contributed by atoms with van der Waals surface area (Å²) < 4.78 is 0. The number of hydrogen-bond acceptors (Lipinski definition) is 4. The Bertz CT molecular complexity index is 589. The summed E-state index contributed by atoms with van der Waals surface area (Å²) >= 11 is 0. The highest BCUT2D eigenvalue weighted by atomic mass is 15.1. The van der Waals surface area contributed by atoms with Crippen LogP contribution >= 0.6 is 0 Å². The van der Waals surface area contributed by atoms with Crippen molar-refractivity contribution in [1.29, 1.82) is 0 Å². The van der Waals surface area contributed by atoms with E-state index in [1.807, 2.05) is 19.9 Å². The summed E-state index contributed by atoms with van der Waals surface area (Å²) in [6, 6.07) is 10.6. The lowest BCUT2D eigenvalue weighted by atomic mass is 10.1. The Morgan fingerprint density at radius 1 is 1.21 bits per heavy atom. The van der Waals surface area contributed by atoms with Crippen LogP contribution in [-0.4, -0.2) is 16.0 Å². The van der Waals surface area contributed by atoms with Gasteiger partial charge in [0.05, 0.1) is 6.04 Å². The third-order valence-corrected chi connectivity index (χ3v) is 3.54. The number of hydrogen-bond donors (Lipinski definition) is 2. The van der Waals surface area contributed by atoms with Crippen LogP contribution in [0.15, 0.2) is 30.3 Å². The van der Waals surface area contributed by atoms with Gasteiger partial charge in [0.2, 0.25) is 0 Å². The van der Waals surface area contributed by atoms with E-state index in [1.54, 1.807) is 0 Å². The molecule has 98 valence electrons. The maximum atomic E-state index is 6.25. The predicted molar refractivity (Wildman–Crippen MR) is 76.0 cm³/mol. The molecule has 4 heteroatoms. The molecule has 19 heavy (non-hydrogen) atoms. The van der Waals surface area contributed by atoms with E-state index in [0.717, 1.165) is 23.8 Å². The van der Waals surface area contributed by atoms with E-state index >= 15 is 0 Å². The first-order valence-electron chi connectivity index (χ1n) is 6.55. The first-order chi connectivity index (χ1) is 9.13. The van der Waals surface area contributed by atoms with Crippen LogP contribution in [-0.2, 0) is 6.42 Å². The quantitative estimate of drug-likeness (QED) is 0.861. The number of nitrogens with two attached hydrogens (primary N) is 1. The molecule has 1 heterocycles. The highest BCUT2D eigenvalue weighted by Gasteiger charge is 2.29. The molecular weight excluding hydrogens is 236 g/mol. The number of aryl methyl sites for hydroxylation is 2. The van der Waals surface area contributed by atoms with Crippen molar-refractivity contribution in [3.05, 3.63) is 53.0 Å². The van der Waals surface area contributed by atoms with E-state index in [2.05, 4.69) is 39.6 Å². The van der Waals surface area contributed by atoms with Crippen molar-refractivity contribution < 1.29 is 0 Å². The van der Waals surface area contributed by atoms with Gasteiger partial charge in [-0.2, -0.15) is 0 Å². The van der Waals surface area contributed by atoms with Gasteiger partial charge in [0, 0.05) is 17.8 Å². The monoisotopic (exact) mass is 254 g/mol. The zero-order valence-corrected chi connectivity index (χ0v) is 11.2. The second kappa shape index (κ2) is 4.63. The highest BCUT2D eigenvalue weighted by molar-refractivity contribution is 5.46. The zero-order valence-electron chi connectivity index (χ0n) is 11.2. The van der Waals surface area contributed by atoms with Gasteiger partial charge in [-0.25, -0.2) is 9.97 Å². The Hall–Kier alpha value is -1.94. The molecule has 1 aliphatic rings. The van der Waals surface area contributed by atoms with Gasteiger partial charge in [-0.1, -0.05) is 24.3 Å². The second-order valence-corrected chi connectivity index (χ2v) is 5.13. The largest absolute Gasteiger partial charge is 0.362 e. The maximum Gasteiger partial charge on any atom is 0.130 e. The summed E-state index contributed by atoms with van der Waals surface area (Å²) in [4.78, 5) is 8.72. The van der Waals surface area contributed by atoms with Crippen LogP contribution in [0, 0.1) is 13.8 Å². The van der Waals surface area contributed by atoms with Crippen molar-refractivity contribution in [3.8, 4) is 0 Å². The van der Waals surface area contributed by atoms with Gasteiger partial charge in [0.15, 0.2) is 0 Å². The van der Waals surface area contributed by atoms with Gasteiger partial charge in [-0.15, -0.1) is 0 Å². The Labute approximate surface area is 113 Å². The smallest absolute Gasteiger partial charge is 0.130 e. The van der Waals surface area contributed by atoms with E-state index in [4.69, 9.17) is 5.73 Å². The standard InChI is InChI=1S/C15H18N4/c1-9-7-14(18-10(2)17-9)19-15-12-6-4-3-5-11(12)8-13(15)16/h3-7,13,15H,8,16H2,1-2H3,(H,17,18,19). The van der Waals surface area contributed by atoms with Crippen molar-refractivity contribution in [1.82, 2.24) is 9.97 Å². The SMILES string of the molecule is Cc1cc(NC2c3ccccc3CC2N)nc(C)n1. The maximum absolute atomic E-state index is 6.25. The Balaban J connectivity index is 1.91. The molecule has 0 aliphatic heterocycles. The number of aromatic nitrogens is 2. The van der Waals surface area contributed by atoms with Crippen molar-refractivity contribution in [2.75, 3.05) is 5.32 Å². The molecule has 0 spiro atoms. The molecular formula is C15H18N4. The highest BCUT2D eigenvalue weighted by Crippen LogP contribution is 2.32. The van der Waals surface area contributed by atoms with Crippen molar-refractivity contribution in [2.45, 2.75) is 32.4 Å². The number of benzene rings is 1. The van der Waals surface area contributed by atoms with Gasteiger partial charge < -0.3 is 11.1 Å². The molecule has 0 fully saturated rings. The average molecular weight is 254 g/mol. The lowest BCUT2D eigenvalue weighted by Gasteiger charge is -2.19. The van der Waals surface area contributed by atoms with Crippen molar-refractivity contribution in [3.63, 3.8) is 0 Å². The summed E-state index contributed by atoms with van der Waals surface area (Å²) in [7, 11) is 0. The minimum Gasteiger partial charge on any atom is -0.362 e. The summed E-state index contributed by atoms with van der Waals surface area (Å²) in [5.74, 6) is 1.63. The lowest BCUT2D eigenvalue weighted by Crippen LogP contribution is -2.30. The molecule has 3 rings (SSSR count). The van der Waals surface area contributed by atoms with Crippen LogP contribution in [0.3, 0.4) is 0 Å². The molecule has 4 nitrogen and oxygen atoms in total. The van der Waals surface area contributed by atoms with Gasteiger partial charge >= 0.3 is 0 Å². The van der Waals surface area contributed by atoms with Gasteiger partial charge in [-0.3, -0.25) is 0 Å². The average Bonchev–Trinajstić information content (AvgIpc) is 2.65. The Morgan fingerprint density at radius 2 is 2.00 bits per heavy atom. The fraction of sp³-hybridized carbons (Fsp3) is 0.333. The minimum atomic E-state index is 0.0907. The van der Waals surface area contributed by atoms with E-state index in [9.17, 15) is 0 Å². The summed E-state index contributed by atoms with van der Waals surface area (Å²) in [6.45, 7) is 3.88. The molecule has 0 saturated carbocycles. The first kappa shape index (κ1) is 12.1. The van der Waals surface area contributed by atoms with Crippen molar-refractivity contribution in [2.24, 2.45) is 5.73 Å². The van der Waals surface area contributed by atoms with Gasteiger partial charge in [0.1, 0.15) is 11.6 Å². The molecule has 0 bridgehead atoms. The lowest BCUT2D eigenvalue weighted by molar-refractivity contribution is 0.623. The third kappa shape index (κ3) is 2.31. The molecule has 3 N–H and O–H groups in total. The van der Waals surface area contributed by atoms with Gasteiger partial charge in [0.25, 0.3) is 0 Å². The van der Waals surface area contributed by atoms with E-state index in [1.165, 1.54) is 11.1 Å². The normalized spacial score (nSPS) is 21.2. The summed E-state index contributed by atoms with van der Waals surface area (Å²) in [6.07, 6.45) is 0.914. The van der Waals surface area contributed by atoms with Crippen molar-refractivity contribution >= 4 is 5.82 Å². The molecule has 0 radical (unpaired) electrons. The van der Waals surface area contributed by atoms with Crippen LogP contribution in [0.2, 0.25) is 0 Å². The fourth-order valence-corrected chi connectivity index (χ4v) is 2.76. The van der Waals surface area contributed by atoms with Crippen LogP contribution in [0.4, 0.5) is 5.82 Å². The molecule has 1 aromatic carbocycles. The first-order valence-corrected chi connectivity index (χ1v) is 6.55. The number of fused-ring (bicyclic) bond motifs is 1.